The maximum absolute atomic E-state index is 11.6. The van der Waals surface area contributed by atoms with E-state index >= 15 is 0 Å². The van der Waals surface area contributed by atoms with Crippen LogP contribution < -0.4 is 0 Å². The fourth-order valence-electron chi connectivity index (χ4n) is 2.52. The van der Waals surface area contributed by atoms with Crippen LogP contribution in [0.5, 0.6) is 0 Å². The van der Waals surface area contributed by atoms with Crippen LogP contribution in [0.3, 0.4) is 0 Å². The van der Waals surface area contributed by atoms with Crippen LogP contribution in [-0.2, 0) is 9.53 Å². The van der Waals surface area contributed by atoms with Crippen LogP contribution in [-0.4, -0.2) is 38.1 Å². The van der Waals surface area contributed by atoms with Gasteiger partial charge in [0.05, 0.1) is 24.4 Å². The SMILES string of the molecule is COC(=O)[C@@H](C)Sc1ncnc2c1cnn2-c1ccc(C)cc1C. The van der Waals surface area contributed by atoms with E-state index in [1.54, 1.807) is 17.8 Å². The number of carbonyl (C=O) groups is 1. The predicted octanol–water partition coefficient (Wildman–Crippen LogP) is 3.09. The fraction of sp³-hybridized carbons (Fsp3) is 0.294. The summed E-state index contributed by atoms with van der Waals surface area (Å²) >= 11 is 1.34. The third kappa shape index (κ3) is 2.99. The molecule has 0 saturated heterocycles. The molecule has 24 heavy (non-hydrogen) atoms. The maximum atomic E-state index is 11.6. The maximum Gasteiger partial charge on any atom is 0.318 e. The van der Waals surface area contributed by atoms with Gasteiger partial charge >= 0.3 is 5.97 Å². The van der Waals surface area contributed by atoms with Gasteiger partial charge in [-0.3, -0.25) is 4.79 Å². The molecule has 0 aliphatic heterocycles. The Bertz CT molecular complexity index is 907. The van der Waals surface area contributed by atoms with Crippen molar-refractivity contribution < 1.29 is 9.53 Å². The van der Waals surface area contributed by atoms with Crippen LogP contribution in [0, 0.1) is 13.8 Å². The van der Waals surface area contributed by atoms with Gasteiger partial charge in [-0.25, -0.2) is 14.6 Å². The van der Waals surface area contributed by atoms with E-state index in [0.717, 1.165) is 22.3 Å². The smallest absolute Gasteiger partial charge is 0.318 e. The van der Waals surface area contributed by atoms with Crippen LogP contribution in [0.25, 0.3) is 16.7 Å². The molecule has 0 aliphatic rings. The Labute approximate surface area is 144 Å². The largest absolute Gasteiger partial charge is 0.468 e. The third-order valence-corrected chi connectivity index (χ3v) is 4.83. The lowest BCUT2D eigenvalue weighted by Gasteiger charge is -2.09. The first kappa shape index (κ1) is 16.4. The lowest BCUT2D eigenvalue weighted by Crippen LogP contribution is -2.14. The van der Waals surface area contributed by atoms with E-state index < -0.39 is 0 Å². The molecule has 2 aromatic heterocycles. The second-order valence-electron chi connectivity index (χ2n) is 5.55. The lowest BCUT2D eigenvalue weighted by molar-refractivity contribution is -0.139. The molecule has 0 N–H and O–H groups in total. The minimum atomic E-state index is -0.349. The summed E-state index contributed by atoms with van der Waals surface area (Å²) in [6, 6.07) is 6.19. The van der Waals surface area contributed by atoms with Crippen molar-refractivity contribution >= 4 is 28.8 Å². The minimum Gasteiger partial charge on any atom is -0.468 e. The Kier molecular flexibility index (Phi) is 4.53. The Morgan fingerprint density at radius 1 is 1.29 bits per heavy atom. The van der Waals surface area contributed by atoms with E-state index in [-0.39, 0.29) is 11.2 Å². The van der Waals surface area contributed by atoms with Gasteiger partial charge in [-0.15, -0.1) is 0 Å². The molecule has 0 unspecified atom stereocenters. The number of nitrogens with zero attached hydrogens (tertiary/aromatic N) is 4. The van der Waals surface area contributed by atoms with E-state index in [2.05, 4.69) is 28.1 Å². The second kappa shape index (κ2) is 6.60. The first-order valence-corrected chi connectivity index (χ1v) is 8.40. The zero-order valence-corrected chi connectivity index (χ0v) is 14.8. The number of esters is 1. The van der Waals surface area contributed by atoms with Gasteiger partial charge in [0.15, 0.2) is 5.65 Å². The lowest BCUT2D eigenvalue weighted by atomic mass is 10.1. The summed E-state index contributed by atoms with van der Waals surface area (Å²) in [5.74, 6) is -0.284. The zero-order valence-electron chi connectivity index (χ0n) is 14.0. The van der Waals surface area contributed by atoms with Crippen molar-refractivity contribution in [2.24, 2.45) is 0 Å². The van der Waals surface area contributed by atoms with E-state index in [4.69, 9.17) is 4.74 Å². The molecule has 0 bridgehead atoms. The van der Waals surface area contributed by atoms with Gasteiger partial charge in [0.25, 0.3) is 0 Å². The average molecular weight is 342 g/mol. The molecule has 1 aromatic carbocycles. The summed E-state index contributed by atoms with van der Waals surface area (Å²) in [4.78, 5) is 20.3. The molecule has 7 heteroatoms. The number of ether oxygens (including phenoxy) is 1. The molecule has 124 valence electrons. The number of aryl methyl sites for hydroxylation is 2. The highest BCUT2D eigenvalue weighted by atomic mass is 32.2. The molecule has 0 radical (unpaired) electrons. The first-order valence-electron chi connectivity index (χ1n) is 7.52. The quantitative estimate of drug-likeness (QED) is 0.412. The van der Waals surface area contributed by atoms with Crippen molar-refractivity contribution in [1.29, 1.82) is 0 Å². The highest BCUT2D eigenvalue weighted by Crippen LogP contribution is 2.29. The number of carbonyl (C=O) groups excluding carboxylic acids is 1. The number of aromatic nitrogens is 4. The minimum absolute atomic E-state index is 0.284. The molecule has 3 aromatic rings. The van der Waals surface area contributed by atoms with Crippen molar-refractivity contribution in [1.82, 2.24) is 19.7 Å². The summed E-state index contributed by atoms with van der Waals surface area (Å²) in [5, 5.41) is 5.66. The Morgan fingerprint density at radius 2 is 2.08 bits per heavy atom. The van der Waals surface area contributed by atoms with E-state index in [1.165, 1.54) is 30.8 Å². The number of hydrogen-bond acceptors (Lipinski definition) is 6. The van der Waals surface area contributed by atoms with Gasteiger partial charge in [-0.05, 0) is 32.4 Å². The van der Waals surface area contributed by atoms with Crippen molar-refractivity contribution in [3.63, 3.8) is 0 Å². The van der Waals surface area contributed by atoms with Crippen molar-refractivity contribution in [2.45, 2.75) is 31.0 Å². The number of benzene rings is 1. The van der Waals surface area contributed by atoms with Crippen molar-refractivity contribution in [3.05, 3.63) is 41.9 Å². The molecule has 6 nitrogen and oxygen atoms in total. The molecule has 0 fully saturated rings. The van der Waals surface area contributed by atoms with Gasteiger partial charge in [0, 0.05) is 0 Å². The predicted molar refractivity (Wildman–Crippen MR) is 93.5 cm³/mol. The molecule has 0 spiro atoms. The second-order valence-corrected chi connectivity index (χ2v) is 6.88. The van der Waals surface area contributed by atoms with Crippen LogP contribution >= 0.6 is 11.8 Å². The summed E-state index contributed by atoms with van der Waals surface area (Å²) in [7, 11) is 1.38. The topological polar surface area (TPSA) is 69.9 Å². The summed E-state index contributed by atoms with van der Waals surface area (Å²) < 4.78 is 6.58. The monoisotopic (exact) mass is 342 g/mol. The zero-order chi connectivity index (χ0) is 17.3. The van der Waals surface area contributed by atoms with E-state index in [9.17, 15) is 4.79 Å². The standard InChI is InChI=1S/C17H18N4O2S/c1-10-5-6-14(11(2)7-10)21-15-13(8-20-21)16(19-9-18-15)24-12(3)17(22)23-4/h5-9,12H,1-4H3/t12-/m1/s1. The Morgan fingerprint density at radius 3 is 2.79 bits per heavy atom. The molecule has 1 atom stereocenters. The number of rotatable bonds is 4. The van der Waals surface area contributed by atoms with Crippen molar-refractivity contribution in [2.75, 3.05) is 7.11 Å². The summed E-state index contributed by atoms with van der Waals surface area (Å²) in [5.41, 5.74) is 4.02. The summed E-state index contributed by atoms with van der Waals surface area (Å²) in [6.45, 7) is 5.90. The third-order valence-electron chi connectivity index (χ3n) is 3.73. The first-order chi connectivity index (χ1) is 11.5. The number of methoxy groups -OCH3 is 1. The molecular formula is C17H18N4O2S. The number of fused-ring (bicyclic) bond motifs is 1. The number of thioether (sulfide) groups is 1. The van der Waals surface area contributed by atoms with Gasteiger partial charge in [0.1, 0.15) is 16.6 Å². The normalized spacial score (nSPS) is 12.3. The Balaban J connectivity index is 2.05. The number of hydrogen-bond donors (Lipinski definition) is 0. The molecule has 0 amide bonds. The van der Waals surface area contributed by atoms with Gasteiger partial charge in [0.2, 0.25) is 0 Å². The van der Waals surface area contributed by atoms with E-state index in [1.807, 2.05) is 19.1 Å². The highest BCUT2D eigenvalue weighted by molar-refractivity contribution is 8.00. The Hall–Kier alpha value is -2.41. The van der Waals surface area contributed by atoms with Crippen LogP contribution in [0.4, 0.5) is 0 Å². The van der Waals surface area contributed by atoms with Gasteiger partial charge in [-0.1, -0.05) is 29.5 Å². The molecule has 0 saturated carbocycles. The van der Waals surface area contributed by atoms with Crippen LogP contribution in [0.2, 0.25) is 0 Å². The molecule has 3 rings (SSSR count). The molecular weight excluding hydrogens is 324 g/mol. The molecule has 0 aliphatic carbocycles. The highest BCUT2D eigenvalue weighted by Gasteiger charge is 2.19. The average Bonchev–Trinajstić information content (AvgIpc) is 2.99. The summed E-state index contributed by atoms with van der Waals surface area (Å²) in [6.07, 6.45) is 3.23. The van der Waals surface area contributed by atoms with Gasteiger partial charge < -0.3 is 4.74 Å². The fourth-order valence-corrected chi connectivity index (χ4v) is 3.42. The van der Waals surface area contributed by atoms with E-state index in [0.29, 0.717) is 5.03 Å². The van der Waals surface area contributed by atoms with Crippen molar-refractivity contribution in [3.8, 4) is 5.69 Å². The van der Waals surface area contributed by atoms with Crippen LogP contribution in [0.15, 0.2) is 35.7 Å². The molecule has 2 heterocycles. The van der Waals surface area contributed by atoms with Crippen LogP contribution in [0.1, 0.15) is 18.1 Å². The van der Waals surface area contributed by atoms with Gasteiger partial charge in [-0.2, -0.15) is 5.10 Å².